The molecule has 10 heteroatoms. The van der Waals surface area contributed by atoms with E-state index >= 15 is 0 Å². The van der Waals surface area contributed by atoms with E-state index in [-0.39, 0.29) is 30.7 Å². The Morgan fingerprint density at radius 3 is 2.76 bits per heavy atom. The van der Waals surface area contributed by atoms with Crippen molar-refractivity contribution in [3.63, 3.8) is 0 Å². The summed E-state index contributed by atoms with van der Waals surface area (Å²) >= 11 is 0. The van der Waals surface area contributed by atoms with Gasteiger partial charge in [-0.1, -0.05) is 0 Å². The minimum Gasteiger partial charge on any atom is -0.383 e. The number of carbonyl (C=O) groups excluding carboxylic acids is 3. The van der Waals surface area contributed by atoms with Gasteiger partial charge in [0.05, 0.1) is 24.4 Å². The largest absolute Gasteiger partial charge is 0.383 e. The zero-order chi connectivity index (χ0) is 24.4. The molecule has 3 heterocycles. The summed E-state index contributed by atoms with van der Waals surface area (Å²) in [5.41, 5.74) is 3.50. The predicted molar refractivity (Wildman–Crippen MR) is 124 cm³/mol. The zero-order valence-corrected chi connectivity index (χ0v) is 19.0. The fraction of sp³-hybridized carbons (Fsp3) is 0.375. The van der Waals surface area contributed by atoms with Crippen LogP contribution in [0.2, 0.25) is 0 Å². The van der Waals surface area contributed by atoms with Crippen molar-refractivity contribution in [2.24, 2.45) is 0 Å². The van der Waals surface area contributed by atoms with Gasteiger partial charge in [0.1, 0.15) is 11.9 Å². The Bertz CT molecular complexity index is 1170. The Morgan fingerprint density at radius 1 is 1.29 bits per heavy atom. The van der Waals surface area contributed by atoms with Crippen LogP contribution in [0.1, 0.15) is 39.3 Å². The lowest BCUT2D eigenvalue weighted by atomic mass is 10.0. The molecule has 1 fully saturated rings. The summed E-state index contributed by atoms with van der Waals surface area (Å²) in [4.78, 5) is 42.2. The molecule has 1 aromatic heterocycles. The van der Waals surface area contributed by atoms with Crippen LogP contribution in [0, 0.1) is 19.7 Å². The van der Waals surface area contributed by atoms with E-state index in [4.69, 9.17) is 4.74 Å². The number of aryl methyl sites for hydroxylation is 1. The van der Waals surface area contributed by atoms with Gasteiger partial charge in [-0.15, -0.1) is 0 Å². The van der Waals surface area contributed by atoms with E-state index in [9.17, 15) is 23.9 Å². The fourth-order valence-electron chi connectivity index (χ4n) is 4.24. The molecule has 180 valence electrons. The van der Waals surface area contributed by atoms with Crippen molar-refractivity contribution in [3.8, 4) is 0 Å². The average Bonchev–Trinajstić information content (AvgIpc) is 3.28. The summed E-state index contributed by atoms with van der Waals surface area (Å²) in [5, 5.41) is 15.6. The number of anilines is 1. The second-order valence-corrected chi connectivity index (χ2v) is 8.36. The first-order chi connectivity index (χ1) is 16.3. The number of nitrogens with zero attached hydrogens (tertiary/aromatic N) is 1. The normalized spacial score (nSPS) is 17.5. The Hall–Kier alpha value is -3.50. The van der Waals surface area contributed by atoms with E-state index < -0.39 is 11.9 Å². The second-order valence-electron chi connectivity index (χ2n) is 8.36. The van der Waals surface area contributed by atoms with Gasteiger partial charge in [-0.2, -0.15) is 0 Å². The maximum absolute atomic E-state index is 13.7. The van der Waals surface area contributed by atoms with Crippen LogP contribution in [-0.4, -0.2) is 71.7 Å². The number of aromatic nitrogens is 1. The lowest BCUT2D eigenvalue weighted by molar-refractivity contribution is -0.144. The molecule has 9 nitrogen and oxygen atoms in total. The smallest absolute Gasteiger partial charge is 0.256 e. The number of hydrogen-bond donors (Lipinski definition) is 4. The third-order valence-electron chi connectivity index (χ3n) is 6.07. The maximum atomic E-state index is 13.7. The van der Waals surface area contributed by atoms with Crippen molar-refractivity contribution in [1.29, 1.82) is 0 Å². The lowest BCUT2D eigenvalue weighted by Crippen LogP contribution is -2.46. The Morgan fingerprint density at radius 2 is 2.03 bits per heavy atom. The molecule has 34 heavy (non-hydrogen) atoms. The molecule has 1 aromatic carbocycles. The van der Waals surface area contributed by atoms with Gasteiger partial charge in [0, 0.05) is 42.3 Å². The molecule has 0 radical (unpaired) electrons. The molecule has 0 saturated carbocycles. The molecule has 4 rings (SSSR count). The number of carbonyl (C=O) groups is 3. The van der Waals surface area contributed by atoms with Crippen LogP contribution >= 0.6 is 0 Å². The highest BCUT2D eigenvalue weighted by Gasteiger charge is 2.27. The summed E-state index contributed by atoms with van der Waals surface area (Å²) < 4.78 is 18.9. The molecule has 1 atom stereocenters. The fourth-order valence-corrected chi connectivity index (χ4v) is 4.24. The minimum atomic E-state index is -1.20. The number of morpholine rings is 1. The molecular formula is C24H27FN4O5. The van der Waals surface area contributed by atoms with Gasteiger partial charge in [0.2, 0.25) is 0 Å². The number of aliphatic hydroxyl groups is 1. The van der Waals surface area contributed by atoms with Crippen molar-refractivity contribution >= 4 is 35.1 Å². The minimum absolute atomic E-state index is 0.0872. The number of fused-ring (bicyclic) bond motifs is 1. The predicted octanol–water partition coefficient (Wildman–Crippen LogP) is 1.60. The van der Waals surface area contributed by atoms with Crippen LogP contribution in [0.3, 0.4) is 0 Å². The van der Waals surface area contributed by atoms with Crippen molar-refractivity contribution in [3.05, 3.63) is 52.1 Å². The number of amides is 3. The average molecular weight is 471 g/mol. The number of nitrogens with one attached hydrogen (secondary N) is 3. The highest BCUT2D eigenvalue weighted by Crippen LogP contribution is 2.34. The monoisotopic (exact) mass is 470 g/mol. The molecule has 0 spiro atoms. The molecule has 4 N–H and O–H groups in total. The van der Waals surface area contributed by atoms with Gasteiger partial charge in [0.15, 0.2) is 0 Å². The molecule has 0 unspecified atom stereocenters. The van der Waals surface area contributed by atoms with Crippen LogP contribution in [0.15, 0.2) is 18.2 Å². The summed E-state index contributed by atoms with van der Waals surface area (Å²) in [6.45, 7) is 5.38. The molecule has 3 amide bonds. The molecule has 2 aromatic rings. The molecule has 0 aliphatic carbocycles. The van der Waals surface area contributed by atoms with Crippen LogP contribution in [0.4, 0.5) is 10.1 Å². The second kappa shape index (κ2) is 9.78. The van der Waals surface area contributed by atoms with Crippen molar-refractivity contribution in [1.82, 2.24) is 15.2 Å². The summed E-state index contributed by atoms with van der Waals surface area (Å²) in [7, 11) is 0. The quantitative estimate of drug-likeness (QED) is 0.478. The van der Waals surface area contributed by atoms with Crippen molar-refractivity contribution < 1.29 is 28.6 Å². The van der Waals surface area contributed by atoms with Crippen molar-refractivity contribution in [2.45, 2.75) is 26.4 Å². The van der Waals surface area contributed by atoms with E-state index in [1.54, 1.807) is 24.8 Å². The first-order valence-corrected chi connectivity index (χ1v) is 11.1. The van der Waals surface area contributed by atoms with Crippen LogP contribution in [0.25, 0.3) is 11.6 Å². The molecular weight excluding hydrogens is 443 g/mol. The van der Waals surface area contributed by atoms with Crippen LogP contribution in [0.5, 0.6) is 0 Å². The number of hydrogen-bond acceptors (Lipinski definition) is 5. The zero-order valence-electron chi connectivity index (χ0n) is 19.0. The number of halogens is 1. The van der Waals surface area contributed by atoms with Gasteiger partial charge in [-0.25, -0.2) is 4.39 Å². The topological polar surface area (TPSA) is 124 Å². The lowest BCUT2D eigenvalue weighted by Gasteiger charge is -2.28. The summed E-state index contributed by atoms with van der Waals surface area (Å²) in [6.07, 6.45) is 0.488. The number of aliphatic hydroxyl groups excluding tert-OH is 1. The Labute approximate surface area is 196 Å². The first kappa shape index (κ1) is 23.7. The highest BCUT2D eigenvalue weighted by molar-refractivity contribution is 6.34. The summed E-state index contributed by atoms with van der Waals surface area (Å²) in [5.74, 6) is -1.52. The van der Waals surface area contributed by atoms with Crippen LogP contribution < -0.4 is 10.6 Å². The maximum Gasteiger partial charge on any atom is 0.256 e. The number of ether oxygens (including phenoxy) is 1. The third-order valence-corrected chi connectivity index (χ3v) is 6.07. The van der Waals surface area contributed by atoms with E-state index in [1.165, 1.54) is 18.2 Å². The van der Waals surface area contributed by atoms with E-state index in [1.807, 2.05) is 0 Å². The number of benzene rings is 1. The number of aromatic amines is 1. The van der Waals surface area contributed by atoms with E-state index in [2.05, 4.69) is 15.6 Å². The molecule has 1 saturated heterocycles. The van der Waals surface area contributed by atoms with Gasteiger partial charge in [-0.3, -0.25) is 14.4 Å². The van der Waals surface area contributed by atoms with Gasteiger partial charge < -0.3 is 30.4 Å². The third kappa shape index (κ3) is 4.73. The number of rotatable bonds is 6. The van der Waals surface area contributed by atoms with Gasteiger partial charge >= 0.3 is 0 Å². The molecule has 0 bridgehead atoms. The highest BCUT2D eigenvalue weighted by atomic mass is 19.1. The molecule has 2 aliphatic rings. The Balaban J connectivity index is 1.43. The van der Waals surface area contributed by atoms with Gasteiger partial charge in [0.25, 0.3) is 17.7 Å². The van der Waals surface area contributed by atoms with Crippen LogP contribution in [-0.2, 0) is 14.3 Å². The first-order valence-electron chi connectivity index (χ1n) is 11.1. The Kier molecular flexibility index (Phi) is 6.80. The van der Waals surface area contributed by atoms with Gasteiger partial charge in [-0.05, 0) is 50.1 Å². The number of H-pyrrole nitrogens is 1. The van der Waals surface area contributed by atoms with Crippen molar-refractivity contribution in [2.75, 3.05) is 38.2 Å². The van der Waals surface area contributed by atoms with E-state index in [0.29, 0.717) is 65.6 Å². The molecule has 2 aliphatic heterocycles. The SMILES string of the molecule is Cc1[nH]c(C=C2C(=O)Nc3ccc(F)cc32)c(C)c1C(=O)NCC[C@H](O)C(=O)N1CCOCC1. The standard InChI is InChI=1S/C24H27FN4O5/c1-13-19(12-17-16-11-15(25)3-4-18(16)28-22(17)31)27-14(2)21(13)23(32)26-6-5-20(30)24(33)29-7-9-34-10-8-29/h3-4,11-12,20,27,30H,5-10H2,1-2H3,(H,26,32)(H,28,31)/t20-/m0/s1. The summed E-state index contributed by atoms with van der Waals surface area (Å²) in [6, 6.07) is 4.08. The van der Waals surface area contributed by atoms with E-state index in [0.717, 1.165) is 0 Å².